The quantitative estimate of drug-likeness (QED) is 0.814. The Bertz CT molecular complexity index is 532. The van der Waals surface area contributed by atoms with E-state index in [0.29, 0.717) is 0 Å². The molecule has 19 heavy (non-hydrogen) atoms. The van der Waals surface area contributed by atoms with Crippen LogP contribution in [0.2, 0.25) is 0 Å². The zero-order chi connectivity index (χ0) is 13.6. The Labute approximate surface area is 114 Å². The van der Waals surface area contributed by atoms with E-state index in [1.54, 1.807) is 0 Å². The Morgan fingerprint density at radius 3 is 2.58 bits per heavy atom. The Morgan fingerprint density at radius 2 is 1.89 bits per heavy atom. The summed E-state index contributed by atoms with van der Waals surface area (Å²) in [7, 11) is 0. The molecule has 2 N–H and O–H groups in total. The van der Waals surface area contributed by atoms with Crippen molar-refractivity contribution >= 4 is 11.6 Å². The van der Waals surface area contributed by atoms with Crippen LogP contribution in [0.25, 0.3) is 0 Å². The zero-order valence-corrected chi connectivity index (χ0v) is 11.6. The lowest BCUT2D eigenvalue weighted by atomic mass is 9.73. The predicted octanol–water partition coefficient (Wildman–Crippen LogP) is 3.02. The highest BCUT2D eigenvalue weighted by molar-refractivity contribution is 6.06. The molecule has 2 aliphatic rings. The normalized spacial score (nSPS) is 27.2. The molecule has 1 atom stereocenters. The summed E-state index contributed by atoms with van der Waals surface area (Å²) in [5.41, 5.74) is 2.44. The fourth-order valence-electron chi connectivity index (χ4n) is 3.69. The number of hydrogen-bond donors (Lipinski definition) is 2. The fraction of sp³-hybridized carbons (Fsp3) is 0.562. The second kappa shape index (κ2) is 4.34. The molecule has 0 aromatic heterocycles. The van der Waals surface area contributed by atoms with Crippen molar-refractivity contribution in [3.63, 3.8) is 0 Å². The van der Waals surface area contributed by atoms with Gasteiger partial charge in [-0.3, -0.25) is 4.79 Å². The van der Waals surface area contributed by atoms with Crippen molar-refractivity contribution in [2.45, 2.75) is 51.6 Å². The van der Waals surface area contributed by atoms with Gasteiger partial charge in [-0.15, -0.1) is 0 Å². The standard InChI is InChI=1S/C16H21NO2/c1-10-8-11(2)14-13(9-10)16(19,15(18)17-14)12-6-4-3-5-7-12/h8-9,12,19H,3-7H2,1-2H3,(H,17,18). The van der Waals surface area contributed by atoms with Crippen LogP contribution in [0.3, 0.4) is 0 Å². The van der Waals surface area contributed by atoms with Crippen molar-refractivity contribution in [1.29, 1.82) is 0 Å². The largest absolute Gasteiger partial charge is 0.375 e. The summed E-state index contributed by atoms with van der Waals surface area (Å²) in [4.78, 5) is 12.4. The van der Waals surface area contributed by atoms with Crippen LogP contribution >= 0.6 is 0 Å². The van der Waals surface area contributed by atoms with Crippen LogP contribution in [0, 0.1) is 19.8 Å². The summed E-state index contributed by atoms with van der Waals surface area (Å²) in [5.74, 6) is -0.174. The van der Waals surface area contributed by atoms with Crippen LogP contribution in [0.1, 0.15) is 48.8 Å². The highest BCUT2D eigenvalue weighted by atomic mass is 16.3. The van der Waals surface area contributed by atoms with Gasteiger partial charge in [-0.05, 0) is 32.3 Å². The molecular weight excluding hydrogens is 238 g/mol. The number of fused-ring (bicyclic) bond motifs is 1. The number of aliphatic hydroxyl groups is 1. The summed E-state index contributed by atoms with van der Waals surface area (Å²) in [6, 6.07) is 4.01. The first-order valence-corrected chi connectivity index (χ1v) is 7.19. The van der Waals surface area contributed by atoms with E-state index < -0.39 is 5.60 Å². The second-order valence-electron chi connectivity index (χ2n) is 6.06. The molecule has 0 saturated heterocycles. The molecule has 1 heterocycles. The summed E-state index contributed by atoms with van der Waals surface area (Å²) in [5, 5.41) is 14.0. The van der Waals surface area contributed by atoms with Crippen molar-refractivity contribution in [2.75, 3.05) is 5.32 Å². The average Bonchev–Trinajstić information content (AvgIpc) is 2.66. The number of hydrogen-bond acceptors (Lipinski definition) is 2. The van der Waals surface area contributed by atoms with Crippen molar-refractivity contribution in [1.82, 2.24) is 0 Å². The average molecular weight is 259 g/mol. The summed E-state index contributed by atoms with van der Waals surface area (Å²) < 4.78 is 0. The van der Waals surface area contributed by atoms with Gasteiger partial charge >= 0.3 is 0 Å². The van der Waals surface area contributed by atoms with Crippen molar-refractivity contribution in [2.24, 2.45) is 5.92 Å². The van der Waals surface area contributed by atoms with E-state index in [2.05, 4.69) is 5.32 Å². The fourth-order valence-corrected chi connectivity index (χ4v) is 3.69. The maximum absolute atomic E-state index is 12.4. The third kappa shape index (κ3) is 1.79. The van der Waals surface area contributed by atoms with E-state index in [4.69, 9.17) is 0 Å². The lowest BCUT2D eigenvalue weighted by molar-refractivity contribution is -0.141. The highest BCUT2D eigenvalue weighted by Crippen LogP contribution is 2.47. The number of benzene rings is 1. The molecule has 1 fully saturated rings. The Morgan fingerprint density at radius 1 is 1.21 bits per heavy atom. The van der Waals surface area contributed by atoms with Gasteiger partial charge in [0.2, 0.25) is 0 Å². The van der Waals surface area contributed by atoms with Gasteiger partial charge in [0.1, 0.15) is 0 Å². The first-order chi connectivity index (χ1) is 9.03. The van der Waals surface area contributed by atoms with Crippen molar-refractivity contribution < 1.29 is 9.90 Å². The third-order valence-electron chi connectivity index (χ3n) is 4.67. The molecule has 1 aromatic rings. The van der Waals surface area contributed by atoms with Gasteiger partial charge in [0.15, 0.2) is 5.60 Å². The van der Waals surface area contributed by atoms with Gasteiger partial charge in [-0.25, -0.2) is 0 Å². The van der Waals surface area contributed by atoms with E-state index >= 15 is 0 Å². The summed E-state index contributed by atoms with van der Waals surface area (Å²) in [6.07, 6.45) is 5.32. The lowest BCUT2D eigenvalue weighted by Gasteiger charge is -2.34. The molecule has 1 unspecified atom stereocenters. The van der Waals surface area contributed by atoms with Gasteiger partial charge in [-0.1, -0.05) is 37.0 Å². The van der Waals surface area contributed by atoms with Crippen molar-refractivity contribution in [3.05, 3.63) is 28.8 Å². The smallest absolute Gasteiger partial charge is 0.261 e. The van der Waals surface area contributed by atoms with Gasteiger partial charge < -0.3 is 10.4 Å². The molecule has 1 amide bonds. The molecule has 1 aromatic carbocycles. The number of rotatable bonds is 1. The van der Waals surface area contributed by atoms with E-state index in [9.17, 15) is 9.90 Å². The number of amides is 1. The molecule has 102 valence electrons. The lowest BCUT2D eigenvalue weighted by Crippen LogP contribution is -2.42. The Kier molecular flexibility index (Phi) is 2.90. The SMILES string of the molecule is Cc1cc(C)c2c(c1)C(O)(C1CCCCC1)C(=O)N2. The number of carbonyl (C=O) groups is 1. The molecule has 1 aliphatic carbocycles. The first kappa shape index (κ1) is 12.7. The van der Waals surface area contributed by atoms with Crippen LogP contribution in [-0.4, -0.2) is 11.0 Å². The first-order valence-electron chi connectivity index (χ1n) is 7.19. The van der Waals surface area contributed by atoms with Gasteiger partial charge in [0, 0.05) is 11.5 Å². The van der Waals surface area contributed by atoms with Gasteiger partial charge in [0.05, 0.1) is 5.69 Å². The Hall–Kier alpha value is -1.35. The van der Waals surface area contributed by atoms with E-state index in [-0.39, 0.29) is 11.8 Å². The number of anilines is 1. The number of aryl methyl sites for hydroxylation is 2. The topological polar surface area (TPSA) is 49.3 Å². The molecule has 0 bridgehead atoms. The summed E-state index contributed by atoms with van der Waals surface area (Å²) >= 11 is 0. The van der Waals surface area contributed by atoms with E-state index in [1.807, 2.05) is 26.0 Å². The van der Waals surface area contributed by atoms with Gasteiger partial charge in [0.25, 0.3) is 5.91 Å². The monoisotopic (exact) mass is 259 g/mol. The maximum atomic E-state index is 12.4. The molecule has 1 aliphatic heterocycles. The second-order valence-corrected chi connectivity index (χ2v) is 6.06. The molecule has 0 radical (unpaired) electrons. The van der Waals surface area contributed by atoms with Crippen LogP contribution in [-0.2, 0) is 10.4 Å². The zero-order valence-electron chi connectivity index (χ0n) is 11.6. The maximum Gasteiger partial charge on any atom is 0.261 e. The van der Waals surface area contributed by atoms with Gasteiger partial charge in [-0.2, -0.15) is 0 Å². The Balaban J connectivity index is 2.10. The minimum absolute atomic E-state index is 0.0590. The van der Waals surface area contributed by atoms with E-state index in [1.165, 1.54) is 6.42 Å². The molecule has 0 spiro atoms. The minimum Gasteiger partial charge on any atom is -0.375 e. The third-order valence-corrected chi connectivity index (χ3v) is 4.67. The molecule has 1 saturated carbocycles. The molecule has 3 rings (SSSR count). The summed E-state index contributed by atoms with van der Waals surface area (Å²) in [6.45, 7) is 4.00. The molecular formula is C16H21NO2. The predicted molar refractivity (Wildman–Crippen MR) is 75.0 cm³/mol. The van der Waals surface area contributed by atoms with Crippen LogP contribution < -0.4 is 5.32 Å². The number of carbonyl (C=O) groups excluding carboxylic acids is 1. The number of nitrogens with one attached hydrogen (secondary N) is 1. The van der Waals surface area contributed by atoms with Crippen molar-refractivity contribution in [3.8, 4) is 0 Å². The minimum atomic E-state index is -1.31. The highest BCUT2D eigenvalue weighted by Gasteiger charge is 2.51. The van der Waals surface area contributed by atoms with Crippen LogP contribution in [0.15, 0.2) is 12.1 Å². The molecule has 3 heteroatoms. The van der Waals surface area contributed by atoms with E-state index in [0.717, 1.165) is 48.1 Å². The molecule has 3 nitrogen and oxygen atoms in total. The van der Waals surface area contributed by atoms with Crippen LogP contribution in [0.5, 0.6) is 0 Å². The van der Waals surface area contributed by atoms with Crippen LogP contribution in [0.4, 0.5) is 5.69 Å².